The smallest absolute Gasteiger partial charge is 0.255 e. The van der Waals surface area contributed by atoms with Crippen molar-refractivity contribution in [2.75, 3.05) is 19.8 Å². The van der Waals surface area contributed by atoms with E-state index < -0.39 is 0 Å². The highest BCUT2D eigenvalue weighted by atomic mass is 16.5. The van der Waals surface area contributed by atoms with E-state index in [0.29, 0.717) is 25.7 Å². The number of hydrogen-bond donors (Lipinski definition) is 0. The first-order valence-electron chi connectivity index (χ1n) is 8.02. The Kier molecular flexibility index (Phi) is 3.34. The number of morpholine rings is 1. The molecule has 0 bridgehead atoms. The first-order chi connectivity index (χ1) is 10.7. The van der Waals surface area contributed by atoms with Crippen LogP contribution in [0.4, 0.5) is 0 Å². The number of fused-ring (bicyclic) bond motifs is 1. The molecule has 1 saturated carbocycles. The molecule has 1 unspecified atom stereocenters. The number of amides is 1. The van der Waals surface area contributed by atoms with Gasteiger partial charge in [-0.2, -0.15) is 0 Å². The Morgan fingerprint density at radius 1 is 1.32 bits per heavy atom. The molecule has 1 aliphatic carbocycles. The summed E-state index contributed by atoms with van der Waals surface area (Å²) in [6, 6.07) is 10.1. The zero-order valence-electron chi connectivity index (χ0n) is 12.8. The highest BCUT2D eigenvalue weighted by molar-refractivity contribution is 6.06. The summed E-state index contributed by atoms with van der Waals surface area (Å²) >= 11 is 0. The van der Waals surface area contributed by atoms with Gasteiger partial charge in [0.25, 0.3) is 5.91 Å². The fraction of sp³-hybridized carbons (Fsp3) is 0.444. The van der Waals surface area contributed by atoms with Crippen LogP contribution in [0.5, 0.6) is 0 Å². The van der Waals surface area contributed by atoms with Crippen molar-refractivity contribution in [1.82, 2.24) is 9.88 Å². The molecule has 2 heterocycles. The maximum atomic E-state index is 13.1. The molecule has 2 fully saturated rings. The van der Waals surface area contributed by atoms with E-state index in [1.54, 1.807) is 0 Å². The van der Waals surface area contributed by atoms with Crippen LogP contribution in [0.15, 0.2) is 30.3 Å². The van der Waals surface area contributed by atoms with Gasteiger partial charge in [-0.25, -0.2) is 0 Å². The topological polar surface area (TPSA) is 42.4 Å². The molecule has 1 atom stereocenters. The fourth-order valence-corrected chi connectivity index (χ4v) is 3.14. The second-order valence-corrected chi connectivity index (χ2v) is 6.31. The van der Waals surface area contributed by atoms with Crippen molar-refractivity contribution in [2.45, 2.75) is 31.7 Å². The molecule has 1 aromatic carbocycles. The molecule has 1 saturated heterocycles. The minimum absolute atomic E-state index is 0.108. The lowest BCUT2D eigenvalue weighted by atomic mass is 10.0. The lowest BCUT2D eigenvalue weighted by Gasteiger charge is -2.33. The summed E-state index contributed by atoms with van der Waals surface area (Å²) in [5.41, 5.74) is 2.79. The first-order valence-corrected chi connectivity index (χ1v) is 8.02. The van der Waals surface area contributed by atoms with Gasteiger partial charge in [-0.15, -0.1) is 0 Å². The van der Waals surface area contributed by atoms with Crippen LogP contribution in [0.3, 0.4) is 0 Å². The molecule has 114 valence electrons. The zero-order valence-corrected chi connectivity index (χ0v) is 12.8. The molecular formula is C18H20N2O2. The van der Waals surface area contributed by atoms with Gasteiger partial charge in [0.2, 0.25) is 0 Å². The summed E-state index contributed by atoms with van der Waals surface area (Å²) < 4.78 is 5.45. The van der Waals surface area contributed by atoms with Crippen molar-refractivity contribution < 1.29 is 9.53 Å². The third-order valence-electron chi connectivity index (χ3n) is 4.59. The fourth-order valence-electron chi connectivity index (χ4n) is 3.14. The van der Waals surface area contributed by atoms with Crippen LogP contribution in [0.25, 0.3) is 10.9 Å². The molecule has 0 radical (unpaired) electrons. The number of pyridine rings is 1. The monoisotopic (exact) mass is 296 g/mol. The molecule has 0 N–H and O–H groups in total. The van der Waals surface area contributed by atoms with Gasteiger partial charge in [-0.1, -0.05) is 18.2 Å². The van der Waals surface area contributed by atoms with E-state index in [0.717, 1.165) is 22.2 Å². The number of para-hydroxylation sites is 1. The summed E-state index contributed by atoms with van der Waals surface area (Å²) in [5.74, 6) is 0.648. The SMILES string of the molecule is CC1COCCN1C(=O)c1cc(C2CC2)nc2ccccc12. The maximum absolute atomic E-state index is 13.1. The van der Waals surface area contributed by atoms with Crippen LogP contribution in [0.1, 0.15) is 41.7 Å². The normalized spacial score (nSPS) is 22.0. The summed E-state index contributed by atoms with van der Waals surface area (Å²) in [6.45, 7) is 3.94. The van der Waals surface area contributed by atoms with Crippen molar-refractivity contribution >= 4 is 16.8 Å². The number of nitrogens with zero attached hydrogens (tertiary/aromatic N) is 2. The van der Waals surface area contributed by atoms with Gasteiger partial charge in [0, 0.05) is 23.5 Å². The summed E-state index contributed by atoms with van der Waals surface area (Å²) in [4.78, 5) is 19.7. The van der Waals surface area contributed by atoms with Gasteiger partial charge < -0.3 is 9.64 Å². The van der Waals surface area contributed by atoms with Crippen molar-refractivity contribution in [3.05, 3.63) is 41.6 Å². The first kappa shape index (κ1) is 13.7. The lowest BCUT2D eigenvalue weighted by molar-refractivity contribution is 0.00369. The quantitative estimate of drug-likeness (QED) is 0.855. The van der Waals surface area contributed by atoms with Gasteiger partial charge in [0.1, 0.15) is 0 Å². The average molecular weight is 296 g/mol. The number of rotatable bonds is 2. The third-order valence-corrected chi connectivity index (χ3v) is 4.59. The molecule has 1 aliphatic heterocycles. The third kappa shape index (κ3) is 2.37. The molecule has 2 aromatic rings. The van der Waals surface area contributed by atoms with Crippen LogP contribution in [0, 0.1) is 0 Å². The molecule has 1 amide bonds. The minimum atomic E-state index is 0.108. The molecule has 4 rings (SSSR count). The Bertz CT molecular complexity index is 724. The van der Waals surface area contributed by atoms with E-state index >= 15 is 0 Å². The largest absolute Gasteiger partial charge is 0.377 e. The summed E-state index contributed by atoms with van der Waals surface area (Å²) in [5, 5.41) is 0.954. The maximum Gasteiger partial charge on any atom is 0.255 e. The average Bonchev–Trinajstić information content (AvgIpc) is 3.38. The highest BCUT2D eigenvalue weighted by Gasteiger charge is 2.30. The Morgan fingerprint density at radius 3 is 2.91 bits per heavy atom. The minimum Gasteiger partial charge on any atom is -0.377 e. The van der Waals surface area contributed by atoms with Gasteiger partial charge in [0.15, 0.2) is 0 Å². The second kappa shape index (κ2) is 5.36. The van der Waals surface area contributed by atoms with E-state index in [1.165, 1.54) is 12.8 Å². The highest BCUT2D eigenvalue weighted by Crippen LogP contribution is 2.40. The van der Waals surface area contributed by atoms with E-state index in [1.807, 2.05) is 42.2 Å². The van der Waals surface area contributed by atoms with Crippen LogP contribution in [0.2, 0.25) is 0 Å². The van der Waals surface area contributed by atoms with Crippen LogP contribution < -0.4 is 0 Å². The van der Waals surface area contributed by atoms with Gasteiger partial charge in [-0.3, -0.25) is 9.78 Å². The van der Waals surface area contributed by atoms with Crippen LogP contribution in [-0.4, -0.2) is 41.6 Å². The molecule has 4 nitrogen and oxygen atoms in total. The zero-order chi connectivity index (χ0) is 15.1. The van der Waals surface area contributed by atoms with E-state index in [-0.39, 0.29) is 11.9 Å². The number of hydrogen-bond acceptors (Lipinski definition) is 3. The second-order valence-electron chi connectivity index (χ2n) is 6.31. The van der Waals surface area contributed by atoms with Crippen LogP contribution >= 0.6 is 0 Å². The predicted molar refractivity (Wildman–Crippen MR) is 85.0 cm³/mol. The molecule has 0 spiro atoms. The number of carbonyl (C=O) groups is 1. The predicted octanol–water partition coefficient (Wildman–Crippen LogP) is 2.97. The van der Waals surface area contributed by atoms with Crippen molar-refractivity contribution in [1.29, 1.82) is 0 Å². The van der Waals surface area contributed by atoms with E-state index in [4.69, 9.17) is 9.72 Å². The van der Waals surface area contributed by atoms with Gasteiger partial charge in [0.05, 0.1) is 30.3 Å². The summed E-state index contributed by atoms with van der Waals surface area (Å²) in [6.07, 6.45) is 2.37. The van der Waals surface area contributed by atoms with Crippen molar-refractivity contribution in [3.8, 4) is 0 Å². The van der Waals surface area contributed by atoms with Crippen molar-refractivity contribution in [3.63, 3.8) is 0 Å². The van der Waals surface area contributed by atoms with Gasteiger partial charge >= 0.3 is 0 Å². The number of carbonyl (C=O) groups excluding carboxylic acids is 1. The Balaban J connectivity index is 1.80. The number of aromatic nitrogens is 1. The Labute approximate surface area is 130 Å². The molecule has 1 aromatic heterocycles. The van der Waals surface area contributed by atoms with Crippen molar-refractivity contribution in [2.24, 2.45) is 0 Å². The lowest BCUT2D eigenvalue weighted by Crippen LogP contribution is -2.47. The standard InChI is InChI=1S/C18H20N2O2/c1-12-11-22-9-8-20(12)18(21)15-10-17(13-6-7-13)19-16-5-3-2-4-14(15)16/h2-5,10,12-13H,6-9,11H2,1H3. The number of ether oxygens (including phenoxy) is 1. The summed E-state index contributed by atoms with van der Waals surface area (Å²) in [7, 11) is 0. The molecular weight excluding hydrogens is 276 g/mol. The van der Waals surface area contributed by atoms with Gasteiger partial charge in [-0.05, 0) is 31.9 Å². The Morgan fingerprint density at radius 2 is 2.14 bits per heavy atom. The van der Waals surface area contributed by atoms with E-state index in [2.05, 4.69) is 0 Å². The van der Waals surface area contributed by atoms with Crippen LogP contribution in [-0.2, 0) is 4.74 Å². The molecule has 4 heteroatoms. The number of benzene rings is 1. The van der Waals surface area contributed by atoms with E-state index in [9.17, 15) is 4.79 Å². The molecule has 22 heavy (non-hydrogen) atoms. The Hall–Kier alpha value is -1.94. The molecule has 2 aliphatic rings.